The minimum absolute atomic E-state index is 0.178. The van der Waals surface area contributed by atoms with E-state index in [1.807, 2.05) is 42.5 Å². The van der Waals surface area contributed by atoms with Crippen LogP contribution in [0.15, 0.2) is 47.5 Å². The highest BCUT2D eigenvalue weighted by molar-refractivity contribution is 5.98. The number of aliphatic imine (C=N–C) groups is 1. The molecule has 0 saturated heterocycles. The Hall–Kier alpha value is -3.02. The van der Waals surface area contributed by atoms with Gasteiger partial charge in [0.15, 0.2) is 17.5 Å². The first-order valence-electron chi connectivity index (χ1n) is 9.32. The van der Waals surface area contributed by atoms with Crippen molar-refractivity contribution in [1.29, 1.82) is 0 Å². The Morgan fingerprint density at radius 2 is 2.00 bits per heavy atom. The molecule has 1 atom stereocenters. The maximum absolute atomic E-state index is 11.7. The number of carbonyl (C=O) groups is 1. The first kappa shape index (κ1) is 19.7. The number of aryl methyl sites for hydroxylation is 1. The molecule has 0 aliphatic carbocycles. The zero-order valence-electron chi connectivity index (χ0n) is 16.4. The number of ether oxygens (including phenoxy) is 4. The molecule has 28 heavy (non-hydrogen) atoms. The average Bonchev–Trinajstić information content (AvgIpc) is 3.22. The molecule has 0 fully saturated rings. The van der Waals surface area contributed by atoms with Crippen LogP contribution in [0.4, 0.5) is 0 Å². The van der Waals surface area contributed by atoms with E-state index in [0.29, 0.717) is 24.0 Å². The highest BCUT2D eigenvalue weighted by Crippen LogP contribution is 2.35. The summed E-state index contributed by atoms with van der Waals surface area (Å²) >= 11 is 0. The van der Waals surface area contributed by atoms with E-state index in [4.69, 9.17) is 18.9 Å². The van der Waals surface area contributed by atoms with Gasteiger partial charge in [-0.25, -0.2) is 9.79 Å². The van der Waals surface area contributed by atoms with Crippen LogP contribution in [0, 0.1) is 0 Å². The fourth-order valence-corrected chi connectivity index (χ4v) is 3.10. The Morgan fingerprint density at radius 1 is 1.21 bits per heavy atom. The fourth-order valence-electron chi connectivity index (χ4n) is 3.10. The highest BCUT2D eigenvalue weighted by atomic mass is 16.5. The molecule has 6 nitrogen and oxygen atoms in total. The van der Waals surface area contributed by atoms with Gasteiger partial charge in [-0.05, 0) is 29.7 Å². The van der Waals surface area contributed by atoms with Gasteiger partial charge in [0.1, 0.15) is 13.2 Å². The van der Waals surface area contributed by atoms with Crippen molar-refractivity contribution in [2.75, 3.05) is 20.8 Å². The third-order valence-corrected chi connectivity index (χ3v) is 4.46. The lowest BCUT2D eigenvalue weighted by Gasteiger charge is -2.16. The van der Waals surface area contributed by atoms with Crippen LogP contribution in [0.1, 0.15) is 30.0 Å². The number of nitrogens with zero attached hydrogens (tertiary/aromatic N) is 1. The Labute approximate surface area is 165 Å². The highest BCUT2D eigenvalue weighted by Gasteiger charge is 2.28. The van der Waals surface area contributed by atoms with E-state index >= 15 is 0 Å². The van der Waals surface area contributed by atoms with Crippen LogP contribution >= 0.6 is 0 Å². The average molecular weight is 383 g/mol. The third-order valence-electron chi connectivity index (χ3n) is 4.46. The summed E-state index contributed by atoms with van der Waals surface area (Å²) in [5, 5.41) is 0. The molecule has 1 aliphatic rings. The molecule has 0 amide bonds. The molecule has 0 radical (unpaired) electrons. The third kappa shape index (κ3) is 4.44. The molecular weight excluding hydrogens is 358 g/mol. The van der Waals surface area contributed by atoms with Crippen molar-refractivity contribution >= 4 is 11.9 Å². The number of rotatable bonds is 8. The van der Waals surface area contributed by atoms with Crippen LogP contribution in [0.25, 0.3) is 0 Å². The topological polar surface area (TPSA) is 66.4 Å². The maximum Gasteiger partial charge on any atom is 0.334 e. The Bertz CT molecular complexity index is 848. The van der Waals surface area contributed by atoms with Crippen molar-refractivity contribution < 1.29 is 23.7 Å². The summed E-state index contributed by atoms with van der Waals surface area (Å²) in [5.74, 6) is 1.35. The zero-order chi connectivity index (χ0) is 19.9. The minimum Gasteiger partial charge on any atom is -0.493 e. The smallest absolute Gasteiger partial charge is 0.334 e. The van der Waals surface area contributed by atoms with Gasteiger partial charge in [0.2, 0.25) is 5.90 Å². The summed E-state index contributed by atoms with van der Waals surface area (Å²) in [5.41, 5.74) is 2.84. The quantitative estimate of drug-likeness (QED) is 0.652. The maximum atomic E-state index is 11.7. The summed E-state index contributed by atoms with van der Waals surface area (Å²) in [7, 11) is 2.98. The number of methoxy groups -OCH3 is 2. The lowest BCUT2D eigenvalue weighted by Crippen LogP contribution is -2.21. The van der Waals surface area contributed by atoms with Gasteiger partial charge in [0, 0.05) is 5.56 Å². The van der Waals surface area contributed by atoms with Gasteiger partial charge in [-0.2, -0.15) is 0 Å². The van der Waals surface area contributed by atoms with Crippen molar-refractivity contribution in [2.45, 2.75) is 32.4 Å². The lowest BCUT2D eigenvalue weighted by atomic mass is 10.0. The zero-order valence-corrected chi connectivity index (χ0v) is 16.4. The Balaban J connectivity index is 1.92. The standard InChI is InChI=1S/C22H25NO5/c1-4-8-16-11-17(21-23-18(14-28-21)22(24)26-3)12-19(20(16)25-2)27-13-15-9-6-5-7-10-15/h5-7,9-12,18H,4,8,13-14H2,1-3H3. The van der Waals surface area contributed by atoms with E-state index in [2.05, 4.69) is 11.9 Å². The number of hydrogen-bond acceptors (Lipinski definition) is 6. The van der Waals surface area contributed by atoms with E-state index in [1.54, 1.807) is 7.11 Å². The molecular formula is C22H25NO5. The van der Waals surface area contributed by atoms with E-state index in [9.17, 15) is 4.79 Å². The summed E-state index contributed by atoms with van der Waals surface area (Å²) in [6.07, 6.45) is 1.78. The molecule has 0 N–H and O–H groups in total. The molecule has 0 spiro atoms. The van der Waals surface area contributed by atoms with Crippen molar-refractivity contribution in [3.63, 3.8) is 0 Å². The summed E-state index contributed by atoms with van der Waals surface area (Å²) in [6.45, 7) is 2.70. The molecule has 0 saturated carbocycles. The molecule has 1 heterocycles. The van der Waals surface area contributed by atoms with E-state index in [-0.39, 0.29) is 6.61 Å². The predicted octanol–water partition coefficient (Wildman–Crippen LogP) is 3.55. The van der Waals surface area contributed by atoms with Gasteiger partial charge < -0.3 is 18.9 Å². The van der Waals surface area contributed by atoms with Gasteiger partial charge in [-0.1, -0.05) is 43.7 Å². The molecule has 2 aromatic carbocycles. The largest absolute Gasteiger partial charge is 0.493 e. The van der Waals surface area contributed by atoms with Crippen LogP contribution in [0.5, 0.6) is 11.5 Å². The van der Waals surface area contributed by atoms with Gasteiger partial charge >= 0.3 is 5.97 Å². The van der Waals surface area contributed by atoms with Crippen molar-refractivity contribution in [3.8, 4) is 11.5 Å². The molecule has 0 aromatic heterocycles. The molecule has 1 aliphatic heterocycles. The van der Waals surface area contributed by atoms with Crippen molar-refractivity contribution in [1.82, 2.24) is 0 Å². The fraction of sp³-hybridized carbons (Fsp3) is 0.364. The van der Waals surface area contributed by atoms with E-state index in [0.717, 1.165) is 29.5 Å². The summed E-state index contributed by atoms with van der Waals surface area (Å²) in [4.78, 5) is 16.1. The second kappa shape index (κ2) is 9.26. The first-order valence-corrected chi connectivity index (χ1v) is 9.32. The Morgan fingerprint density at radius 3 is 2.68 bits per heavy atom. The molecule has 6 heteroatoms. The first-order chi connectivity index (χ1) is 13.7. The van der Waals surface area contributed by atoms with E-state index < -0.39 is 12.0 Å². The van der Waals surface area contributed by atoms with Crippen LogP contribution in [-0.2, 0) is 27.3 Å². The molecule has 1 unspecified atom stereocenters. The molecule has 2 aromatic rings. The van der Waals surface area contributed by atoms with Crippen molar-refractivity contribution in [3.05, 3.63) is 59.2 Å². The number of hydrogen-bond donors (Lipinski definition) is 0. The summed E-state index contributed by atoms with van der Waals surface area (Å²) < 4.78 is 22.1. The van der Waals surface area contributed by atoms with Crippen LogP contribution in [-0.4, -0.2) is 38.7 Å². The van der Waals surface area contributed by atoms with Crippen LogP contribution in [0.2, 0.25) is 0 Å². The van der Waals surface area contributed by atoms with Gasteiger partial charge in [0.25, 0.3) is 0 Å². The van der Waals surface area contributed by atoms with Gasteiger partial charge in [-0.15, -0.1) is 0 Å². The molecule has 3 rings (SSSR count). The van der Waals surface area contributed by atoms with Crippen LogP contribution < -0.4 is 9.47 Å². The van der Waals surface area contributed by atoms with Crippen molar-refractivity contribution in [2.24, 2.45) is 4.99 Å². The normalized spacial score (nSPS) is 15.5. The summed E-state index contributed by atoms with van der Waals surface area (Å²) in [6, 6.07) is 13.1. The Kier molecular flexibility index (Phi) is 6.53. The SMILES string of the molecule is CCCc1cc(C2=NC(C(=O)OC)CO2)cc(OCc2ccccc2)c1OC. The lowest BCUT2D eigenvalue weighted by molar-refractivity contribution is -0.142. The van der Waals surface area contributed by atoms with Gasteiger partial charge in [0.05, 0.1) is 14.2 Å². The number of carbonyl (C=O) groups excluding carboxylic acids is 1. The molecule has 148 valence electrons. The second-order valence-electron chi connectivity index (χ2n) is 6.48. The number of esters is 1. The minimum atomic E-state index is -0.634. The van der Waals surface area contributed by atoms with Crippen LogP contribution in [0.3, 0.4) is 0 Å². The second-order valence-corrected chi connectivity index (χ2v) is 6.48. The van der Waals surface area contributed by atoms with Gasteiger partial charge in [-0.3, -0.25) is 0 Å². The van der Waals surface area contributed by atoms with E-state index in [1.165, 1.54) is 7.11 Å². The molecule has 0 bridgehead atoms. The monoisotopic (exact) mass is 383 g/mol. The number of benzene rings is 2. The predicted molar refractivity (Wildman–Crippen MR) is 106 cm³/mol.